The molecule has 5 aromatic heterocycles. The number of hydrogen-bond donors (Lipinski definition) is 1. The van der Waals surface area contributed by atoms with Crippen LogP contribution in [0.3, 0.4) is 0 Å². The molecule has 15 aromatic rings. The van der Waals surface area contributed by atoms with Crippen molar-refractivity contribution >= 4 is 106 Å². The third kappa shape index (κ3) is 29.6. The van der Waals surface area contributed by atoms with Crippen molar-refractivity contribution in [1.29, 1.82) is 0 Å². The summed E-state index contributed by atoms with van der Waals surface area (Å²) in [6, 6.07) is 85.5. The van der Waals surface area contributed by atoms with Gasteiger partial charge in [0.25, 0.3) is 0 Å². The lowest BCUT2D eigenvalue weighted by Gasteiger charge is -2.26. The number of carbonyl (C=O) groups is 4. The van der Waals surface area contributed by atoms with E-state index in [2.05, 4.69) is 106 Å². The highest BCUT2D eigenvalue weighted by molar-refractivity contribution is 7.99. The molecule has 3 aliphatic heterocycles. The van der Waals surface area contributed by atoms with E-state index in [0.717, 1.165) is 224 Å². The zero-order valence-electron chi connectivity index (χ0n) is 76.9. The summed E-state index contributed by atoms with van der Waals surface area (Å²) in [5.74, 6) is -0.230. The third-order valence-corrected chi connectivity index (χ3v) is 25.9. The molecule has 0 radical (unpaired) electrons. The van der Waals surface area contributed by atoms with Crippen molar-refractivity contribution in [2.75, 3.05) is 103 Å². The molecule has 0 amide bonds. The number of halogens is 4. The summed E-state index contributed by atoms with van der Waals surface area (Å²) in [6.07, 6.45) is 16.7. The Balaban J connectivity index is 0.000000135. The minimum atomic E-state index is -0.752. The lowest BCUT2D eigenvalue weighted by molar-refractivity contribution is 0.0983. The maximum atomic E-state index is 13.5. The molecule has 1 N–H and O–H groups in total. The van der Waals surface area contributed by atoms with Gasteiger partial charge >= 0.3 is 0 Å². The van der Waals surface area contributed by atoms with Crippen molar-refractivity contribution in [2.45, 2.75) is 133 Å². The number of fused-ring (bicyclic) bond motifs is 5. The number of nitrogens with zero attached hydrogens (tertiary/aromatic N) is 9. The van der Waals surface area contributed by atoms with Crippen molar-refractivity contribution in [3.8, 4) is 5.88 Å². The maximum absolute atomic E-state index is 13.5. The molecule has 0 saturated carbocycles. The van der Waals surface area contributed by atoms with Gasteiger partial charge in [-0.25, -0.2) is 32.5 Å². The van der Waals surface area contributed by atoms with Crippen LogP contribution in [0.1, 0.15) is 159 Å². The van der Waals surface area contributed by atoms with Gasteiger partial charge < -0.3 is 24.8 Å². The molecule has 134 heavy (non-hydrogen) atoms. The smallest absolute Gasteiger partial charge is 0.214 e. The molecule has 0 spiro atoms. The van der Waals surface area contributed by atoms with Gasteiger partial charge in [0.2, 0.25) is 5.88 Å². The standard InChI is InChI=1S/C24H24F2N2OS.C24H26N2O.C23H25F2N3O.C21H22N2OS.C21H21NO/c25-19-12-18(13-20(26)15-19)23(29)16-22-21-7-3-2-6-17(21)14-24(27-22)30-11-10-28-8-4-1-5-9-28;27-24(19-9-2-1-3-10-19)18-23-22-13-5-4-11-20(22)17-21(25-23)12-8-16-26-14-6-7-15-26;24-18-13-19(25)15-20(14-18)26-16-22-21-7-3-2-6-17(21)12-23(27-22)29-11-10-28-8-4-1-5-9-28;1-23(2)12-13-25-21-14-17-10-6-7-11-18(17)19(22-21)15-20(24)16-8-4-3-5-9-16;1-2-3-12-18-14-17-11-7-8-13-19(17)20(22-18)15-21(23)16-9-5-4-6-10-16/h2-3,6-7,12-15H,1,4-5,8-11,16H2;1-5,9-11,13,17H,6-8,12,14-16,18H2;2-3,6-7,12-15,26H,1,4-5,8-11,16H2;3-11,14H,12-13,15H2,1-2H3;4-11,13-14H,2-3,12,15H2,1H3. The second kappa shape index (κ2) is 50.8. The van der Waals surface area contributed by atoms with Crippen LogP contribution in [0.2, 0.25) is 0 Å². The highest BCUT2D eigenvalue weighted by atomic mass is 32.2. The van der Waals surface area contributed by atoms with E-state index in [9.17, 15) is 36.7 Å². The second-order valence-corrected chi connectivity index (χ2v) is 36.8. The summed E-state index contributed by atoms with van der Waals surface area (Å²) in [4.78, 5) is 84.0. The van der Waals surface area contributed by atoms with Crippen LogP contribution in [0.4, 0.5) is 23.2 Å². The lowest BCUT2D eigenvalue weighted by atomic mass is 10.0. The zero-order chi connectivity index (χ0) is 93.2. The van der Waals surface area contributed by atoms with E-state index in [1.54, 1.807) is 23.5 Å². The number of likely N-dealkylation sites (tertiary alicyclic amines) is 3. The van der Waals surface area contributed by atoms with Gasteiger partial charge in [0.05, 0.1) is 70.7 Å². The lowest BCUT2D eigenvalue weighted by Crippen LogP contribution is -2.33. The fourth-order valence-corrected chi connectivity index (χ4v) is 19.1. The molecular formula is C113H118F4N10O5S2. The van der Waals surface area contributed by atoms with Crippen LogP contribution in [0, 0.1) is 23.3 Å². The first-order chi connectivity index (χ1) is 65.4. The fourth-order valence-electron chi connectivity index (χ4n) is 17.1. The van der Waals surface area contributed by atoms with Gasteiger partial charge in [-0.05, 0) is 200 Å². The van der Waals surface area contributed by atoms with Gasteiger partial charge in [-0.1, -0.05) is 239 Å². The predicted molar refractivity (Wildman–Crippen MR) is 539 cm³/mol. The van der Waals surface area contributed by atoms with Crippen molar-refractivity contribution in [3.63, 3.8) is 0 Å². The third-order valence-electron chi connectivity index (χ3n) is 24.1. The normalized spacial score (nSPS) is 13.4. The number of carbonyl (C=O) groups excluding carboxylic acids is 4. The number of pyridine rings is 5. The van der Waals surface area contributed by atoms with Gasteiger partial charge in [0.15, 0.2) is 23.1 Å². The van der Waals surface area contributed by atoms with E-state index in [1.807, 2.05) is 188 Å². The molecule has 0 unspecified atom stereocenters. The number of rotatable bonds is 34. The molecular weight excluding hydrogens is 1720 g/mol. The number of aromatic nitrogens is 5. The summed E-state index contributed by atoms with van der Waals surface area (Å²) in [5.41, 5.74) is 8.90. The van der Waals surface area contributed by atoms with E-state index in [0.29, 0.717) is 49.7 Å². The van der Waals surface area contributed by atoms with Crippen molar-refractivity contribution in [1.82, 2.24) is 44.5 Å². The van der Waals surface area contributed by atoms with Crippen LogP contribution >= 0.6 is 23.5 Å². The van der Waals surface area contributed by atoms with Crippen LogP contribution in [-0.4, -0.2) is 165 Å². The quantitative estimate of drug-likeness (QED) is 0.0230. The van der Waals surface area contributed by atoms with Gasteiger partial charge in [-0.2, -0.15) is 0 Å². The number of piperidine rings is 2. The Bertz CT molecular complexity index is 6360. The number of nitrogens with one attached hydrogen (secondary N) is 1. The van der Waals surface area contributed by atoms with Gasteiger partial charge in [0, 0.05) is 116 Å². The van der Waals surface area contributed by atoms with Crippen LogP contribution < -0.4 is 10.1 Å². The second-order valence-electron chi connectivity index (χ2n) is 34.5. The first-order valence-electron chi connectivity index (χ1n) is 47.0. The molecule has 8 heterocycles. The molecule has 3 aliphatic rings. The molecule has 18 rings (SSSR count). The summed E-state index contributed by atoms with van der Waals surface area (Å²) in [6.45, 7) is 14.2. The number of hydrogen-bond acceptors (Lipinski definition) is 17. The summed E-state index contributed by atoms with van der Waals surface area (Å²) in [7, 11) is 4.14. The Morgan fingerprint density at radius 2 is 0.709 bits per heavy atom. The Kier molecular flexibility index (Phi) is 37.0. The summed E-state index contributed by atoms with van der Waals surface area (Å²) < 4.78 is 59.9. The summed E-state index contributed by atoms with van der Waals surface area (Å²) >= 11 is 3.42. The maximum Gasteiger partial charge on any atom is 0.214 e. The number of ketones is 4. The largest absolute Gasteiger partial charge is 0.476 e. The minimum absolute atomic E-state index is 0.00390. The topological polar surface area (TPSA) is 167 Å². The van der Waals surface area contributed by atoms with Crippen LogP contribution in [0.15, 0.2) is 289 Å². The van der Waals surface area contributed by atoms with Gasteiger partial charge in [-0.3, -0.25) is 34.0 Å². The Hall–Kier alpha value is -12.2. The Labute approximate surface area is 793 Å². The summed E-state index contributed by atoms with van der Waals surface area (Å²) in [5, 5.41) is 15.6. The van der Waals surface area contributed by atoms with E-state index < -0.39 is 23.3 Å². The number of aryl methyl sites for hydroxylation is 2. The highest BCUT2D eigenvalue weighted by Crippen LogP contribution is 2.32. The number of thioether (sulfide) groups is 2. The number of unbranched alkanes of at least 4 members (excludes halogenated alkanes) is 1. The number of Topliss-reactive ketones (excluding diaryl/α,β-unsaturated/α-hetero) is 4. The zero-order valence-corrected chi connectivity index (χ0v) is 78.5. The predicted octanol–water partition coefficient (Wildman–Crippen LogP) is 24.5. The molecule has 0 atom stereocenters. The van der Waals surface area contributed by atoms with Crippen LogP contribution in [-0.2, 0) is 45.1 Å². The number of ether oxygens (including phenoxy) is 1. The Morgan fingerprint density at radius 3 is 1.14 bits per heavy atom. The molecule has 3 saturated heterocycles. The molecule has 3 fully saturated rings. The van der Waals surface area contributed by atoms with E-state index in [1.165, 1.54) is 87.4 Å². The molecule has 15 nitrogen and oxygen atoms in total. The van der Waals surface area contributed by atoms with E-state index in [4.69, 9.17) is 24.7 Å². The van der Waals surface area contributed by atoms with Crippen molar-refractivity contribution in [2.24, 2.45) is 0 Å². The molecule has 0 bridgehead atoms. The minimum Gasteiger partial charge on any atom is -0.476 e. The molecule has 21 heteroatoms. The Morgan fingerprint density at radius 1 is 0.358 bits per heavy atom. The fraction of sp³-hybridized carbons (Fsp3) is 0.301. The monoisotopic (exact) mass is 1830 g/mol. The van der Waals surface area contributed by atoms with Gasteiger partial charge in [0.1, 0.15) is 29.9 Å². The van der Waals surface area contributed by atoms with Crippen molar-refractivity contribution in [3.05, 3.63) is 364 Å². The molecule has 10 aromatic carbocycles. The van der Waals surface area contributed by atoms with Crippen molar-refractivity contribution < 1.29 is 41.5 Å². The first-order valence-corrected chi connectivity index (χ1v) is 49.0. The first kappa shape index (κ1) is 97.8. The SMILES string of the molecule is CCCCc1cc2ccccc2c(CC(=O)c2ccccc2)n1.CN(C)CCSc1cc2ccccc2c(CC(=O)c2ccccc2)n1.Fc1cc(F)cc(NCc2nc(OCCN3CCCCC3)cc3ccccc23)c1.O=C(Cc1nc(CCCN2CCCC2)cc2ccccc12)c1ccccc1.O=C(Cc1nc(SCCN2CCCCC2)cc2ccccc12)c1cc(F)cc(F)c1. The van der Waals surface area contributed by atoms with E-state index in [-0.39, 0.29) is 35.1 Å². The highest BCUT2D eigenvalue weighted by Gasteiger charge is 2.22. The number of anilines is 1. The van der Waals surface area contributed by atoms with Crippen LogP contribution in [0.5, 0.6) is 5.88 Å². The van der Waals surface area contributed by atoms with Gasteiger partial charge in [-0.15, -0.1) is 23.5 Å². The van der Waals surface area contributed by atoms with Crippen LogP contribution in [0.25, 0.3) is 53.9 Å². The number of benzene rings is 10. The molecule has 0 aliphatic carbocycles. The molecule has 690 valence electrons. The average Bonchev–Trinajstić information content (AvgIpc) is 0.847. The van der Waals surface area contributed by atoms with E-state index >= 15 is 0 Å². The average molecular weight is 1840 g/mol.